The Balaban J connectivity index is 1.50. The summed E-state index contributed by atoms with van der Waals surface area (Å²) in [7, 11) is 0. The number of pyridine rings is 2. The second-order valence-corrected chi connectivity index (χ2v) is 10.8. The smallest absolute Gasteiger partial charge is 0.260 e. The van der Waals surface area contributed by atoms with E-state index in [2.05, 4.69) is 15.4 Å². The average molecular weight is 524 g/mol. The van der Waals surface area contributed by atoms with Gasteiger partial charge in [0.2, 0.25) is 0 Å². The van der Waals surface area contributed by atoms with Gasteiger partial charge >= 0.3 is 0 Å². The van der Waals surface area contributed by atoms with Crippen molar-refractivity contribution in [3.8, 4) is 11.3 Å². The SMILES string of the molecule is CC1(C(=O)n2nc(-c3cccn(Cc4ccccn4)c3=O)cc2NCc2ccc(Cl)s2)CCOCC1. The molecule has 0 atom stereocenters. The molecular weight excluding hydrogens is 498 g/mol. The maximum atomic E-state index is 13.7. The van der Waals surface area contributed by atoms with E-state index in [-0.39, 0.29) is 11.5 Å². The van der Waals surface area contributed by atoms with E-state index in [4.69, 9.17) is 16.3 Å². The summed E-state index contributed by atoms with van der Waals surface area (Å²) >= 11 is 7.55. The average Bonchev–Trinajstić information content (AvgIpc) is 3.50. The number of nitrogens with zero attached hydrogens (tertiary/aromatic N) is 4. The number of rotatable bonds is 7. The Hall–Kier alpha value is -3.27. The molecule has 5 heterocycles. The fraction of sp³-hybridized carbons (Fsp3) is 0.308. The Morgan fingerprint density at radius 1 is 1.19 bits per heavy atom. The molecule has 0 spiro atoms. The first kappa shape index (κ1) is 24.4. The molecule has 1 N–H and O–H groups in total. The fourth-order valence-corrected chi connectivity index (χ4v) is 5.26. The van der Waals surface area contributed by atoms with Crippen LogP contribution in [0.5, 0.6) is 0 Å². The zero-order chi connectivity index (χ0) is 25.1. The van der Waals surface area contributed by atoms with Crippen molar-refractivity contribution in [3.05, 3.63) is 86.2 Å². The van der Waals surface area contributed by atoms with Crippen molar-refractivity contribution in [1.82, 2.24) is 19.3 Å². The molecule has 4 aromatic heterocycles. The fourth-order valence-electron chi connectivity index (χ4n) is 4.23. The topological polar surface area (TPSA) is 91.0 Å². The summed E-state index contributed by atoms with van der Waals surface area (Å²) in [4.78, 5) is 32.4. The molecule has 0 aliphatic carbocycles. The number of hydrogen-bond acceptors (Lipinski definition) is 7. The Labute approximate surface area is 217 Å². The minimum absolute atomic E-state index is 0.117. The van der Waals surface area contributed by atoms with Crippen LogP contribution in [-0.2, 0) is 17.8 Å². The van der Waals surface area contributed by atoms with Crippen molar-refractivity contribution < 1.29 is 9.53 Å². The zero-order valence-corrected chi connectivity index (χ0v) is 21.4. The molecule has 1 saturated heterocycles. The van der Waals surface area contributed by atoms with Gasteiger partial charge in [0, 0.05) is 36.6 Å². The van der Waals surface area contributed by atoms with Crippen LogP contribution in [0.2, 0.25) is 4.34 Å². The van der Waals surface area contributed by atoms with E-state index in [1.54, 1.807) is 35.2 Å². The van der Waals surface area contributed by atoms with Crippen LogP contribution in [0.1, 0.15) is 35.1 Å². The van der Waals surface area contributed by atoms with Crippen LogP contribution in [-0.4, -0.2) is 38.5 Å². The molecule has 0 unspecified atom stereocenters. The van der Waals surface area contributed by atoms with Gasteiger partial charge < -0.3 is 14.6 Å². The highest BCUT2D eigenvalue weighted by atomic mass is 35.5. The maximum absolute atomic E-state index is 13.7. The van der Waals surface area contributed by atoms with Crippen molar-refractivity contribution >= 4 is 34.7 Å². The third-order valence-corrected chi connectivity index (χ3v) is 7.67. The van der Waals surface area contributed by atoms with Crippen LogP contribution < -0.4 is 10.9 Å². The first-order valence-corrected chi connectivity index (χ1v) is 12.9. The van der Waals surface area contributed by atoms with E-state index in [0.29, 0.717) is 60.6 Å². The highest BCUT2D eigenvalue weighted by Crippen LogP contribution is 2.34. The number of anilines is 1. The summed E-state index contributed by atoms with van der Waals surface area (Å²) in [5.41, 5.74) is 0.835. The maximum Gasteiger partial charge on any atom is 0.260 e. The Morgan fingerprint density at radius 3 is 2.75 bits per heavy atom. The van der Waals surface area contributed by atoms with E-state index in [1.165, 1.54) is 16.0 Å². The lowest BCUT2D eigenvalue weighted by Crippen LogP contribution is -2.38. The van der Waals surface area contributed by atoms with Gasteiger partial charge in [-0.3, -0.25) is 14.6 Å². The van der Waals surface area contributed by atoms with Gasteiger partial charge in [0.25, 0.3) is 11.5 Å². The van der Waals surface area contributed by atoms with Crippen LogP contribution in [0.15, 0.2) is 65.7 Å². The van der Waals surface area contributed by atoms with E-state index in [0.717, 1.165) is 10.6 Å². The van der Waals surface area contributed by atoms with Crippen molar-refractivity contribution in [3.63, 3.8) is 0 Å². The summed E-state index contributed by atoms with van der Waals surface area (Å²) in [5.74, 6) is 0.417. The van der Waals surface area contributed by atoms with Crippen molar-refractivity contribution in [2.45, 2.75) is 32.9 Å². The lowest BCUT2D eigenvalue weighted by atomic mass is 9.81. The number of hydrogen-bond donors (Lipinski definition) is 1. The molecule has 36 heavy (non-hydrogen) atoms. The number of halogens is 1. The Bertz CT molecular complexity index is 1420. The molecule has 1 aliphatic rings. The van der Waals surface area contributed by atoms with E-state index in [1.807, 2.05) is 37.3 Å². The number of ether oxygens (including phenoxy) is 1. The number of nitrogens with one attached hydrogen (secondary N) is 1. The first-order chi connectivity index (χ1) is 17.4. The number of carbonyl (C=O) groups excluding carboxylic acids is 1. The number of aromatic nitrogens is 4. The summed E-state index contributed by atoms with van der Waals surface area (Å²) in [5, 5.41) is 7.96. The summed E-state index contributed by atoms with van der Waals surface area (Å²) in [6, 6.07) is 14.7. The van der Waals surface area contributed by atoms with Gasteiger partial charge in [0.05, 0.1) is 34.1 Å². The van der Waals surface area contributed by atoms with Crippen LogP contribution in [0, 0.1) is 5.41 Å². The summed E-state index contributed by atoms with van der Waals surface area (Å²) in [6.07, 6.45) is 4.66. The minimum Gasteiger partial charge on any atom is -0.381 e. The lowest BCUT2D eigenvalue weighted by Gasteiger charge is -2.31. The number of thiophene rings is 1. The quantitative estimate of drug-likeness (QED) is 0.369. The minimum atomic E-state index is -0.597. The normalized spacial score (nSPS) is 15.1. The Morgan fingerprint density at radius 2 is 2.03 bits per heavy atom. The largest absolute Gasteiger partial charge is 0.381 e. The van der Waals surface area contributed by atoms with Crippen LogP contribution >= 0.6 is 22.9 Å². The first-order valence-electron chi connectivity index (χ1n) is 11.7. The molecule has 1 aliphatic heterocycles. The molecule has 10 heteroatoms. The predicted octanol–water partition coefficient (Wildman–Crippen LogP) is 4.94. The second-order valence-electron chi connectivity index (χ2n) is 9.04. The molecule has 186 valence electrons. The molecule has 8 nitrogen and oxygen atoms in total. The van der Waals surface area contributed by atoms with Gasteiger partial charge in [-0.25, -0.2) is 0 Å². The van der Waals surface area contributed by atoms with Gasteiger partial charge in [-0.15, -0.1) is 11.3 Å². The molecule has 0 bridgehead atoms. The van der Waals surface area contributed by atoms with Crippen LogP contribution in [0.25, 0.3) is 11.3 Å². The molecule has 0 aromatic carbocycles. The Kier molecular flexibility index (Phi) is 7.04. The van der Waals surface area contributed by atoms with Crippen molar-refractivity contribution in [2.75, 3.05) is 18.5 Å². The van der Waals surface area contributed by atoms with Crippen LogP contribution in [0.4, 0.5) is 5.82 Å². The lowest BCUT2D eigenvalue weighted by molar-refractivity contribution is 0.0169. The van der Waals surface area contributed by atoms with Gasteiger partial charge in [0.15, 0.2) is 0 Å². The summed E-state index contributed by atoms with van der Waals surface area (Å²) in [6.45, 7) is 3.83. The van der Waals surface area contributed by atoms with Crippen LogP contribution in [0.3, 0.4) is 0 Å². The molecule has 0 radical (unpaired) electrons. The van der Waals surface area contributed by atoms with Gasteiger partial charge in [-0.2, -0.15) is 9.78 Å². The highest BCUT2D eigenvalue weighted by Gasteiger charge is 2.38. The standard InChI is InChI=1S/C26H26ClN5O3S/c1-26(9-13-35-14-10-26)25(34)32-23(29-16-19-7-8-22(27)36-19)15-21(30-32)20-6-4-12-31(24(20)33)17-18-5-2-3-11-28-18/h2-8,11-12,15,29H,9-10,13-14,16-17H2,1H3. The molecular formula is C26H26ClN5O3S. The molecule has 4 aromatic rings. The molecule has 5 rings (SSSR count). The summed E-state index contributed by atoms with van der Waals surface area (Å²) < 4.78 is 9.19. The van der Waals surface area contributed by atoms with Crippen molar-refractivity contribution in [2.24, 2.45) is 5.41 Å². The molecule has 0 saturated carbocycles. The van der Waals surface area contributed by atoms with E-state index < -0.39 is 5.41 Å². The number of carbonyl (C=O) groups is 1. The van der Waals surface area contributed by atoms with Crippen molar-refractivity contribution in [1.29, 1.82) is 0 Å². The zero-order valence-electron chi connectivity index (χ0n) is 19.8. The third-order valence-electron chi connectivity index (χ3n) is 6.44. The van der Waals surface area contributed by atoms with Gasteiger partial charge in [-0.05, 0) is 49.2 Å². The third kappa shape index (κ3) is 5.13. The second kappa shape index (κ2) is 10.4. The van der Waals surface area contributed by atoms with E-state index in [9.17, 15) is 9.59 Å². The monoisotopic (exact) mass is 523 g/mol. The van der Waals surface area contributed by atoms with E-state index >= 15 is 0 Å². The molecule has 1 fully saturated rings. The van der Waals surface area contributed by atoms with Gasteiger partial charge in [0.1, 0.15) is 11.5 Å². The highest BCUT2D eigenvalue weighted by molar-refractivity contribution is 7.16. The molecule has 0 amide bonds. The van der Waals surface area contributed by atoms with Gasteiger partial charge in [-0.1, -0.05) is 24.6 Å². The predicted molar refractivity (Wildman–Crippen MR) is 141 cm³/mol.